The average Bonchev–Trinajstić information content (AvgIpc) is 2.79. The molecule has 0 aliphatic heterocycles. The molecule has 2 aromatic rings. The van der Waals surface area contributed by atoms with E-state index in [0.717, 1.165) is 17.7 Å². The summed E-state index contributed by atoms with van der Waals surface area (Å²) in [6.07, 6.45) is 0.728. The number of aryl methyl sites for hydroxylation is 3. The number of carbonyl (C=O) groups excluding carboxylic acids is 1. The van der Waals surface area contributed by atoms with Crippen LogP contribution in [0.4, 0.5) is 5.69 Å². The maximum absolute atomic E-state index is 12.1. The number of amides is 1. The molecule has 0 aliphatic rings. The third-order valence-electron chi connectivity index (χ3n) is 3.28. The Balaban J connectivity index is 2.19. The van der Waals surface area contributed by atoms with Crippen LogP contribution in [0.15, 0.2) is 28.7 Å². The van der Waals surface area contributed by atoms with Crippen LogP contribution in [-0.4, -0.2) is 17.0 Å². The highest BCUT2D eigenvalue weighted by Gasteiger charge is 2.15. The van der Waals surface area contributed by atoms with E-state index in [9.17, 15) is 9.59 Å². The van der Waals surface area contributed by atoms with Gasteiger partial charge in [0.2, 0.25) is 0 Å². The lowest BCUT2D eigenvalue weighted by atomic mass is 10.1. The normalized spacial score (nSPS) is 10.4. The molecule has 21 heavy (non-hydrogen) atoms. The molecule has 0 saturated carbocycles. The van der Waals surface area contributed by atoms with Crippen LogP contribution in [0, 0.1) is 13.8 Å². The van der Waals surface area contributed by atoms with Crippen molar-refractivity contribution in [3.8, 4) is 0 Å². The van der Waals surface area contributed by atoms with E-state index in [1.54, 1.807) is 25.1 Å². The summed E-state index contributed by atoms with van der Waals surface area (Å²) < 4.78 is 5.48. The van der Waals surface area contributed by atoms with E-state index in [-0.39, 0.29) is 17.2 Å². The molecular formula is C16H17NO4. The van der Waals surface area contributed by atoms with Gasteiger partial charge < -0.3 is 14.8 Å². The Kier molecular flexibility index (Phi) is 4.12. The molecule has 0 bridgehead atoms. The van der Waals surface area contributed by atoms with Crippen molar-refractivity contribution < 1.29 is 19.1 Å². The van der Waals surface area contributed by atoms with Gasteiger partial charge in [-0.15, -0.1) is 0 Å². The Bertz CT molecular complexity index is 700. The number of carboxylic acids is 1. The summed E-state index contributed by atoms with van der Waals surface area (Å²) >= 11 is 0. The van der Waals surface area contributed by atoms with Crippen LogP contribution >= 0.6 is 0 Å². The second-order valence-corrected chi connectivity index (χ2v) is 4.86. The highest BCUT2D eigenvalue weighted by atomic mass is 16.4. The number of benzene rings is 1. The van der Waals surface area contributed by atoms with Gasteiger partial charge in [0.1, 0.15) is 5.76 Å². The minimum absolute atomic E-state index is 0.218. The van der Waals surface area contributed by atoms with Crippen LogP contribution in [-0.2, 0) is 6.42 Å². The molecule has 1 heterocycles. The molecule has 0 unspecified atom stereocenters. The SMILES string of the molecule is CCc1oc(C(=O)Nc2ccc(C(=O)O)c(C)c2)cc1C. The molecule has 1 aromatic heterocycles. The van der Waals surface area contributed by atoms with E-state index in [0.29, 0.717) is 11.3 Å². The first-order chi connectivity index (χ1) is 9.92. The van der Waals surface area contributed by atoms with Crippen molar-refractivity contribution in [3.63, 3.8) is 0 Å². The van der Waals surface area contributed by atoms with Crippen LogP contribution in [0.2, 0.25) is 0 Å². The highest BCUT2D eigenvalue weighted by Crippen LogP contribution is 2.19. The van der Waals surface area contributed by atoms with Crippen molar-refractivity contribution >= 4 is 17.6 Å². The number of furan rings is 1. The van der Waals surface area contributed by atoms with E-state index in [2.05, 4.69) is 5.32 Å². The second-order valence-electron chi connectivity index (χ2n) is 4.86. The Hall–Kier alpha value is -2.56. The van der Waals surface area contributed by atoms with E-state index in [4.69, 9.17) is 9.52 Å². The molecule has 2 N–H and O–H groups in total. The molecule has 110 valence electrons. The first-order valence-corrected chi connectivity index (χ1v) is 6.67. The van der Waals surface area contributed by atoms with Crippen LogP contribution in [0.5, 0.6) is 0 Å². The molecule has 0 aliphatic carbocycles. The largest absolute Gasteiger partial charge is 0.478 e. The molecule has 0 radical (unpaired) electrons. The van der Waals surface area contributed by atoms with Crippen molar-refractivity contribution in [3.05, 3.63) is 52.5 Å². The molecule has 0 spiro atoms. The molecule has 2 rings (SSSR count). The number of rotatable bonds is 4. The van der Waals surface area contributed by atoms with Gasteiger partial charge in [0.05, 0.1) is 5.56 Å². The first kappa shape index (κ1) is 14.8. The van der Waals surface area contributed by atoms with Gasteiger partial charge in [0.15, 0.2) is 5.76 Å². The van der Waals surface area contributed by atoms with Gasteiger partial charge in [-0.1, -0.05) is 6.92 Å². The Morgan fingerprint density at radius 1 is 1.19 bits per heavy atom. The minimum atomic E-state index is -0.986. The van der Waals surface area contributed by atoms with E-state index in [1.807, 2.05) is 13.8 Å². The molecule has 1 amide bonds. The van der Waals surface area contributed by atoms with Gasteiger partial charge in [0, 0.05) is 12.1 Å². The monoisotopic (exact) mass is 287 g/mol. The quantitative estimate of drug-likeness (QED) is 0.903. The third kappa shape index (κ3) is 3.13. The van der Waals surface area contributed by atoms with Gasteiger partial charge >= 0.3 is 5.97 Å². The number of hydrogen-bond donors (Lipinski definition) is 2. The van der Waals surface area contributed by atoms with Crippen LogP contribution in [0.3, 0.4) is 0 Å². The molecule has 0 fully saturated rings. The Morgan fingerprint density at radius 2 is 1.90 bits per heavy atom. The number of anilines is 1. The van der Waals surface area contributed by atoms with Crippen molar-refractivity contribution in [1.29, 1.82) is 0 Å². The summed E-state index contributed by atoms with van der Waals surface area (Å²) in [4.78, 5) is 23.1. The maximum atomic E-state index is 12.1. The number of nitrogens with one attached hydrogen (secondary N) is 1. The lowest BCUT2D eigenvalue weighted by molar-refractivity contribution is 0.0696. The minimum Gasteiger partial charge on any atom is -0.478 e. The van der Waals surface area contributed by atoms with Gasteiger partial charge in [0.25, 0.3) is 5.91 Å². The van der Waals surface area contributed by atoms with E-state index >= 15 is 0 Å². The fourth-order valence-electron chi connectivity index (χ4n) is 2.16. The topological polar surface area (TPSA) is 79.5 Å². The second kappa shape index (κ2) is 5.83. The molecule has 0 saturated heterocycles. The van der Waals surface area contributed by atoms with Gasteiger partial charge in [-0.05, 0) is 49.2 Å². The first-order valence-electron chi connectivity index (χ1n) is 6.67. The maximum Gasteiger partial charge on any atom is 0.335 e. The van der Waals surface area contributed by atoms with Crippen LogP contribution < -0.4 is 5.32 Å². The molecule has 5 heteroatoms. The summed E-state index contributed by atoms with van der Waals surface area (Å²) in [6.45, 7) is 5.54. The van der Waals surface area contributed by atoms with Crippen LogP contribution in [0.25, 0.3) is 0 Å². The predicted octanol–water partition coefficient (Wildman–Crippen LogP) is 3.41. The summed E-state index contributed by atoms with van der Waals surface area (Å²) in [5.41, 5.74) is 2.29. The summed E-state index contributed by atoms with van der Waals surface area (Å²) in [5.74, 6) is -0.290. The highest BCUT2D eigenvalue weighted by molar-refractivity contribution is 6.02. The Morgan fingerprint density at radius 3 is 2.43 bits per heavy atom. The molecule has 5 nitrogen and oxygen atoms in total. The number of carboxylic acid groups (broad SMARTS) is 1. The zero-order valence-electron chi connectivity index (χ0n) is 12.2. The van der Waals surface area contributed by atoms with Crippen molar-refractivity contribution in [2.75, 3.05) is 5.32 Å². The molecule has 0 atom stereocenters. The van der Waals surface area contributed by atoms with E-state index < -0.39 is 5.97 Å². The average molecular weight is 287 g/mol. The number of carbonyl (C=O) groups is 2. The van der Waals surface area contributed by atoms with Gasteiger partial charge in [-0.3, -0.25) is 4.79 Å². The van der Waals surface area contributed by atoms with Crippen molar-refractivity contribution in [2.24, 2.45) is 0 Å². The summed E-state index contributed by atoms with van der Waals surface area (Å²) in [6, 6.07) is 6.35. The standard InChI is InChI=1S/C16H17NO4/c1-4-13-10(3)8-14(21-13)15(18)17-11-5-6-12(16(19)20)9(2)7-11/h5-8H,4H2,1-3H3,(H,17,18)(H,19,20). The zero-order chi connectivity index (χ0) is 15.6. The van der Waals surface area contributed by atoms with Gasteiger partial charge in [-0.2, -0.15) is 0 Å². The number of hydrogen-bond acceptors (Lipinski definition) is 3. The van der Waals surface area contributed by atoms with Crippen molar-refractivity contribution in [1.82, 2.24) is 0 Å². The van der Waals surface area contributed by atoms with Crippen molar-refractivity contribution in [2.45, 2.75) is 27.2 Å². The predicted molar refractivity (Wildman–Crippen MR) is 78.9 cm³/mol. The van der Waals surface area contributed by atoms with Gasteiger partial charge in [-0.25, -0.2) is 4.79 Å². The molecular weight excluding hydrogens is 270 g/mol. The fourth-order valence-corrected chi connectivity index (χ4v) is 2.16. The lowest BCUT2D eigenvalue weighted by Gasteiger charge is -2.06. The Labute approximate surface area is 122 Å². The number of aromatic carboxylic acids is 1. The third-order valence-corrected chi connectivity index (χ3v) is 3.28. The summed E-state index contributed by atoms with van der Waals surface area (Å²) in [5, 5.41) is 11.7. The lowest BCUT2D eigenvalue weighted by Crippen LogP contribution is -2.11. The zero-order valence-corrected chi connectivity index (χ0v) is 12.2. The van der Waals surface area contributed by atoms with Crippen LogP contribution in [0.1, 0.15) is 44.7 Å². The summed E-state index contributed by atoms with van der Waals surface area (Å²) in [7, 11) is 0. The smallest absolute Gasteiger partial charge is 0.335 e. The fraction of sp³-hybridized carbons (Fsp3) is 0.250. The van der Waals surface area contributed by atoms with E-state index in [1.165, 1.54) is 6.07 Å². The molecule has 1 aromatic carbocycles.